The summed E-state index contributed by atoms with van der Waals surface area (Å²) in [6, 6.07) is 6.64. The smallest absolute Gasteiger partial charge is 0.316 e. The minimum atomic E-state index is -1.18. The van der Waals surface area contributed by atoms with Gasteiger partial charge in [-0.3, -0.25) is 4.79 Å². The molecule has 1 aromatic rings. The van der Waals surface area contributed by atoms with Gasteiger partial charge in [-0.1, -0.05) is 23.7 Å². The number of benzene rings is 1. The molecule has 0 aliphatic heterocycles. The monoisotopic (exact) mass is 229 g/mol. The fourth-order valence-corrected chi connectivity index (χ4v) is 1.46. The molecular formula is C10H12ClNO3. The Morgan fingerprint density at radius 2 is 2.33 bits per heavy atom. The minimum Gasteiger partial charge on any atom is -0.481 e. The van der Waals surface area contributed by atoms with Crippen LogP contribution in [0.15, 0.2) is 24.3 Å². The van der Waals surface area contributed by atoms with Crippen molar-refractivity contribution < 1.29 is 14.7 Å². The number of carboxylic acid groups (broad SMARTS) is 1. The SMILES string of the molecule is CC(CON)(C(=O)O)c1cccc(Cl)c1. The molecule has 15 heavy (non-hydrogen) atoms. The summed E-state index contributed by atoms with van der Waals surface area (Å²) in [6.45, 7) is 1.43. The molecule has 1 aromatic carbocycles. The highest BCUT2D eigenvalue weighted by molar-refractivity contribution is 6.30. The van der Waals surface area contributed by atoms with Gasteiger partial charge in [0, 0.05) is 5.02 Å². The second-order valence-corrected chi connectivity index (χ2v) is 3.90. The van der Waals surface area contributed by atoms with Gasteiger partial charge in [0.2, 0.25) is 0 Å². The summed E-state index contributed by atoms with van der Waals surface area (Å²) < 4.78 is 0. The van der Waals surface area contributed by atoms with E-state index in [1.165, 1.54) is 6.92 Å². The average molecular weight is 230 g/mol. The van der Waals surface area contributed by atoms with E-state index in [4.69, 9.17) is 22.6 Å². The molecule has 1 atom stereocenters. The Morgan fingerprint density at radius 1 is 1.67 bits per heavy atom. The summed E-state index contributed by atoms with van der Waals surface area (Å²) in [5.74, 6) is 3.93. The zero-order chi connectivity index (χ0) is 11.5. The summed E-state index contributed by atoms with van der Waals surface area (Å²) in [7, 11) is 0. The lowest BCUT2D eigenvalue weighted by molar-refractivity contribution is -0.145. The van der Waals surface area contributed by atoms with Crippen molar-refractivity contribution in [1.82, 2.24) is 0 Å². The Morgan fingerprint density at radius 3 is 2.80 bits per heavy atom. The Bertz CT molecular complexity index is 369. The Balaban J connectivity index is 3.15. The fourth-order valence-electron chi connectivity index (χ4n) is 1.27. The van der Waals surface area contributed by atoms with E-state index in [2.05, 4.69) is 4.84 Å². The van der Waals surface area contributed by atoms with Gasteiger partial charge in [-0.05, 0) is 24.6 Å². The van der Waals surface area contributed by atoms with Crippen LogP contribution in [0, 0.1) is 0 Å². The lowest BCUT2D eigenvalue weighted by atomic mass is 9.83. The third-order valence-electron chi connectivity index (χ3n) is 2.31. The minimum absolute atomic E-state index is 0.108. The maximum atomic E-state index is 11.1. The second-order valence-electron chi connectivity index (χ2n) is 3.46. The van der Waals surface area contributed by atoms with Crippen molar-refractivity contribution in [2.45, 2.75) is 12.3 Å². The van der Waals surface area contributed by atoms with Crippen LogP contribution in [-0.2, 0) is 15.0 Å². The van der Waals surface area contributed by atoms with Gasteiger partial charge in [-0.2, -0.15) is 0 Å². The molecule has 0 bridgehead atoms. The van der Waals surface area contributed by atoms with Crippen molar-refractivity contribution in [2.24, 2.45) is 5.90 Å². The highest BCUT2D eigenvalue weighted by atomic mass is 35.5. The standard InChI is InChI=1S/C10H12ClNO3/c1-10(6-15-12,9(13)14)7-3-2-4-8(11)5-7/h2-5H,6,12H2,1H3,(H,13,14). The molecule has 0 aliphatic carbocycles. The number of hydrogen-bond donors (Lipinski definition) is 2. The zero-order valence-corrected chi connectivity index (χ0v) is 8.99. The van der Waals surface area contributed by atoms with Gasteiger partial charge in [0.1, 0.15) is 5.41 Å². The molecule has 1 rings (SSSR count). The largest absolute Gasteiger partial charge is 0.481 e. The average Bonchev–Trinajstić information content (AvgIpc) is 2.17. The van der Waals surface area contributed by atoms with Crippen LogP contribution in [0.4, 0.5) is 0 Å². The number of nitrogens with two attached hydrogens (primary N) is 1. The van der Waals surface area contributed by atoms with Crippen molar-refractivity contribution in [1.29, 1.82) is 0 Å². The topological polar surface area (TPSA) is 72.5 Å². The Kier molecular flexibility index (Phi) is 3.68. The van der Waals surface area contributed by atoms with Crippen LogP contribution < -0.4 is 5.90 Å². The third kappa shape index (κ3) is 2.47. The molecule has 3 N–H and O–H groups in total. The summed E-state index contributed by atoms with van der Waals surface area (Å²) in [5, 5.41) is 9.61. The second kappa shape index (κ2) is 4.61. The number of carboxylic acids is 1. The fraction of sp³-hybridized carbons (Fsp3) is 0.300. The summed E-state index contributed by atoms with van der Waals surface area (Å²) in [5.41, 5.74) is -0.618. The molecule has 0 spiro atoms. The van der Waals surface area contributed by atoms with Crippen LogP contribution in [0.2, 0.25) is 5.02 Å². The van der Waals surface area contributed by atoms with E-state index in [0.717, 1.165) is 0 Å². The predicted octanol–water partition coefficient (Wildman–Crippen LogP) is 1.57. The molecule has 4 nitrogen and oxygen atoms in total. The molecule has 0 aliphatic rings. The summed E-state index contributed by atoms with van der Waals surface area (Å²) in [6.07, 6.45) is 0. The van der Waals surface area contributed by atoms with E-state index < -0.39 is 11.4 Å². The van der Waals surface area contributed by atoms with Gasteiger partial charge in [0.05, 0.1) is 6.61 Å². The van der Waals surface area contributed by atoms with Gasteiger partial charge in [0.15, 0.2) is 0 Å². The molecule has 0 heterocycles. The van der Waals surface area contributed by atoms with Crippen molar-refractivity contribution >= 4 is 17.6 Å². The predicted molar refractivity (Wildman–Crippen MR) is 56.6 cm³/mol. The van der Waals surface area contributed by atoms with Gasteiger partial charge < -0.3 is 9.94 Å². The van der Waals surface area contributed by atoms with E-state index in [9.17, 15) is 4.79 Å². The van der Waals surface area contributed by atoms with Crippen LogP contribution in [-0.4, -0.2) is 17.7 Å². The normalized spacial score (nSPS) is 14.6. The van der Waals surface area contributed by atoms with E-state index in [1.54, 1.807) is 24.3 Å². The van der Waals surface area contributed by atoms with Crippen molar-refractivity contribution in [3.05, 3.63) is 34.9 Å². The van der Waals surface area contributed by atoms with Gasteiger partial charge >= 0.3 is 5.97 Å². The first-order valence-electron chi connectivity index (χ1n) is 4.32. The van der Waals surface area contributed by atoms with E-state index in [-0.39, 0.29) is 6.61 Å². The van der Waals surface area contributed by atoms with Gasteiger partial charge in [0.25, 0.3) is 0 Å². The molecule has 82 valence electrons. The molecule has 0 aromatic heterocycles. The quantitative estimate of drug-likeness (QED) is 0.769. The molecule has 0 amide bonds. The van der Waals surface area contributed by atoms with E-state index in [0.29, 0.717) is 10.6 Å². The molecule has 0 saturated carbocycles. The first-order valence-corrected chi connectivity index (χ1v) is 4.69. The number of rotatable bonds is 4. The van der Waals surface area contributed by atoms with Crippen LogP contribution in [0.5, 0.6) is 0 Å². The van der Waals surface area contributed by atoms with Gasteiger partial charge in [-0.15, -0.1) is 0 Å². The van der Waals surface area contributed by atoms with E-state index in [1.807, 2.05) is 0 Å². The lowest BCUT2D eigenvalue weighted by Crippen LogP contribution is -2.38. The van der Waals surface area contributed by atoms with Crippen molar-refractivity contribution in [3.63, 3.8) is 0 Å². The van der Waals surface area contributed by atoms with Crippen LogP contribution >= 0.6 is 11.6 Å². The number of halogens is 1. The number of aliphatic carboxylic acids is 1. The van der Waals surface area contributed by atoms with Crippen LogP contribution in [0.3, 0.4) is 0 Å². The molecule has 0 fully saturated rings. The Hall–Kier alpha value is -1.10. The zero-order valence-electron chi connectivity index (χ0n) is 8.24. The van der Waals surface area contributed by atoms with Crippen LogP contribution in [0.25, 0.3) is 0 Å². The molecule has 0 radical (unpaired) electrons. The van der Waals surface area contributed by atoms with Crippen molar-refractivity contribution in [3.8, 4) is 0 Å². The molecular weight excluding hydrogens is 218 g/mol. The maximum Gasteiger partial charge on any atom is 0.316 e. The Labute approximate surface area is 92.6 Å². The van der Waals surface area contributed by atoms with E-state index >= 15 is 0 Å². The lowest BCUT2D eigenvalue weighted by Gasteiger charge is -2.23. The molecule has 0 saturated heterocycles. The molecule has 5 heteroatoms. The summed E-state index contributed by atoms with van der Waals surface area (Å²) in [4.78, 5) is 15.6. The summed E-state index contributed by atoms with van der Waals surface area (Å²) >= 11 is 5.79. The third-order valence-corrected chi connectivity index (χ3v) is 2.54. The maximum absolute atomic E-state index is 11.1. The highest BCUT2D eigenvalue weighted by Crippen LogP contribution is 2.26. The first kappa shape index (κ1) is 12.0. The van der Waals surface area contributed by atoms with Gasteiger partial charge in [-0.25, -0.2) is 5.90 Å². The van der Waals surface area contributed by atoms with Crippen molar-refractivity contribution in [2.75, 3.05) is 6.61 Å². The number of carbonyl (C=O) groups is 1. The first-order chi connectivity index (χ1) is 7.00. The highest BCUT2D eigenvalue weighted by Gasteiger charge is 2.35. The number of hydrogen-bond acceptors (Lipinski definition) is 3. The van der Waals surface area contributed by atoms with Crippen LogP contribution in [0.1, 0.15) is 12.5 Å². The molecule has 1 unspecified atom stereocenters.